The summed E-state index contributed by atoms with van der Waals surface area (Å²) >= 11 is 0. The summed E-state index contributed by atoms with van der Waals surface area (Å²) in [6.45, 7) is 2.87. The molecular weight excluding hydrogens is 212 g/mol. The summed E-state index contributed by atoms with van der Waals surface area (Å²) in [6.07, 6.45) is 5.05. The summed E-state index contributed by atoms with van der Waals surface area (Å²) in [5.74, 6) is 1.67. The van der Waals surface area contributed by atoms with Crippen LogP contribution in [0.1, 0.15) is 50.5 Å². The van der Waals surface area contributed by atoms with Crippen LogP contribution in [0.4, 0.5) is 0 Å². The number of fused-ring (bicyclic) bond motifs is 1. The number of rotatable bonds is 5. The molecule has 0 saturated heterocycles. The van der Waals surface area contributed by atoms with E-state index in [2.05, 4.69) is 18.2 Å². The summed E-state index contributed by atoms with van der Waals surface area (Å²) in [6, 6.07) is 8.35. The van der Waals surface area contributed by atoms with Crippen LogP contribution in [0.25, 0.3) is 0 Å². The molecule has 2 atom stereocenters. The van der Waals surface area contributed by atoms with E-state index in [1.165, 1.54) is 5.56 Å². The molecule has 94 valence electrons. The summed E-state index contributed by atoms with van der Waals surface area (Å²) in [4.78, 5) is 0. The standard InChI is InChI=1S/C15H22O2/c1-2-13(16)7-5-6-12-10-11-17-15-9-4-3-8-14(12)15/h3-4,8-9,12-13,16H,2,5-7,10-11H2,1H3. The van der Waals surface area contributed by atoms with Gasteiger partial charge in [0.15, 0.2) is 0 Å². The molecule has 2 rings (SSSR count). The van der Waals surface area contributed by atoms with Crippen LogP contribution < -0.4 is 4.74 Å². The van der Waals surface area contributed by atoms with Crippen molar-refractivity contribution in [1.29, 1.82) is 0 Å². The summed E-state index contributed by atoms with van der Waals surface area (Å²) in [5.41, 5.74) is 1.35. The Morgan fingerprint density at radius 1 is 1.41 bits per heavy atom. The largest absolute Gasteiger partial charge is 0.493 e. The second-order valence-electron chi connectivity index (χ2n) is 4.86. The van der Waals surface area contributed by atoms with E-state index in [4.69, 9.17) is 4.74 Å². The predicted molar refractivity (Wildman–Crippen MR) is 69.4 cm³/mol. The number of para-hydroxylation sites is 1. The Morgan fingerprint density at radius 3 is 3.06 bits per heavy atom. The van der Waals surface area contributed by atoms with Gasteiger partial charge in [0.1, 0.15) is 5.75 Å². The molecule has 2 nitrogen and oxygen atoms in total. The fraction of sp³-hybridized carbons (Fsp3) is 0.600. The van der Waals surface area contributed by atoms with E-state index in [1.807, 2.05) is 13.0 Å². The van der Waals surface area contributed by atoms with Gasteiger partial charge < -0.3 is 9.84 Å². The van der Waals surface area contributed by atoms with E-state index < -0.39 is 0 Å². The van der Waals surface area contributed by atoms with Gasteiger partial charge in [-0.25, -0.2) is 0 Å². The van der Waals surface area contributed by atoms with Crippen molar-refractivity contribution in [3.63, 3.8) is 0 Å². The van der Waals surface area contributed by atoms with E-state index in [9.17, 15) is 5.11 Å². The van der Waals surface area contributed by atoms with Crippen LogP contribution in [0.5, 0.6) is 5.75 Å². The van der Waals surface area contributed by atoms with Gasteiger partial charge in [-0.2, -0.15) is 0 Å². The third-order valence-corrected chi connectivity index (χ3v) is 3.64. The highest BCUT2D eigenvalue weighted by Gasteiger charge is 2.20. The first kappa shape index (κ1) is 12.4. The third-order valence-electron chi connectivity index (χ3n) is 3.64. The Hall–Kier alpha value is -1.02. The smallest absolute Gasteiger partial charge is 0.122 e. The van der Waals surface area contributed by atoms with E-state index in [-0.39, 0.29) is 6.10 Å². The average Bonchev–Trinajstić information content (AvgIpc) is 2.39. The lowest BCUT2D eigenvalue weighted by Crippen LogP contribution is -2.14. The second-order valence-corrected chi connectivity index (χ2v) is 4.86. The Bertz CT molecular complexity index is 349. The van der Waals surface area contributed by atoms with Crippen molar-refractivity contribution in [3.8, 4) is 5.75 Å². The highest BCUT2D eigenvalue weighted by Crippen LogP contribution is 2.36. The fourth-order valence-electron chi connectivity index (χ4n) is 2.52. The molecule has 17 heavy (non-hydrogen) atoms. The lowest BCUT2D eigenvalue weighted by Gasteiger charge is -2.26. The predicted octanol–water partition coefficient (Wildman–Crippen LogP) is 3.49. The first-order valence-electron chi connectivity index (χ1n) is 6.71. The number of ether oxygens (including phenoxy) is 1. The molecule has 1 aromatic rings. The van der Waals surface area contributed by atoms with E-state index in [0.29, 0.717) is 5.92 Å². The number of benzene rings is 1. The second kappa shape index (κ2) is 6.06. The maximum Gasteiger partial charge on any atom is 0.122 e. The molecular formula is C15H22O2. The van der Waals surface area contributed by atoms with Crippen molar-refractivity contribution in [3.05, 3.63) is 29.8 Å². The highest BCUT2D eigenvalue weighted by atomic mass is 16.5. The van der Waals surface area contributed by atoms with Gasteiger partial charge in [0.05, 0.1) is 12.7 Å². The fourth-order valence-corrected chi connectivity index (χ4v) is 2.52. The molecule has 0 amide bonds. The van der Waals surface area contributed by atoms with Gasteiger partial charge in [-0.3, -0.25) is 0 Å². The summed E-state index contributed by atoms with van der Waals surface area (Å²) < 4.78 is 5.65. The Morgan fingerprint density at radius 2 is 2.24 bits per heavy atom. The van der Waals surface area contributed by atoms with Crippen molar-refractivity contribution < 1.29 is 9.84 Å². The molecule has 0 saturated carbocycles. The average molecular weight is 234 g/mol. The maximum absolute atomic E-state index is 9.56. The van der Waals surface area contributed by atoms with Gasteiger partial charge in [0, 0.05) is 0 Å². The lowest BCUT2D eigenvalue weighted by atomic mass is 9.88. The molecule has 0 radical (unpaired) electrons. The normalized spacial score (nSPS) is 20.5. The quantitative estimate of drug-likeness (QED) is 0.845. The molecule has 1 heterocycles. The molecule has 1 aliphatic rings. The molecule has 2 unspecified atom stereocenters. The van der Waals surface area contributed by atoms with Gasteiger partial charge >= 0.3 is 0 Å². The number of aliphatic hydroxyl groups is 1. The minimum absolute atomic E-state index is 0.120. The van der Waals surface area contributed by atoms with Crippen LogP contribution in [0.2, 0.25) is 0 Å². The third kappa shape index (κ3) is 3.22. The van der Waals surface area contributed by atoms with Crippen molar-refractivity contribution in [1.82, 2.24) is 0 Å². The van der Waals surface area contributed by atoms with Gasteiger partial charge in [0.25, 0.3) is 0 Å². The Kier molecular flexibility index (Phi) is 4.43. The number of aliphatic hydroxyl groups excluding tert-OH is 1. The van der Waals surface area contributed by atoms with Gasteiger partial charge in [-0.15, -0.1) is 0 Å². The van der Waals surface area contributed by atoms with Crippen LogP contribution in [-0.4, -0.2) is 17.8 Å². The first-order valence-corrected chi connectivity index (χ1v) is 6.71. The van der Waals surface area contributed by atoms with E-state index in [0.717, 1.165) is 44.5 Å². The van der Waals surface area contributed by atoms with Gasteiger partial charge in [-0.05, 0) is 43.2 Å². The van der Waals surface area contributed by atoms with Crippen molar-refractivity contribution >= 4 is 0 Å². The minimum atomic E-state index is -0.120. The zero-order valence-electron chi connectivity index (χ0n) is 10.6. The summed E-state index contributed by atoms with van der Waals surface area (Å²) in [5, 5.41) is 9.56. The van der Waals surface area contributed by atoms with Crippen molar-refractivity contribution in [2.45, 2.75) is 51.0 Å². The monoisotopic (exact) mass is 234 g/mol. The van der Waals surface area contributed by atoms with Gasteiger partial charge in [0.2, 0.25) is 0 Å². The molecule has 2 heteroatoms. The molecule has 1 aliphatic heterocycles. The van der Waals surface area contributed by atoms with Gasteiger partial charge in [-0.1, -0.05) is 31.5 Å². The van der Waals surface area contributed by atoms with Crippen LogP contribution in [-0.2, 0) is 0 Å². The molecule has 0 aliphatic carbocycles. The van der Waals surface area contributed by atoms with Crippen LogP contribution >= 0.6 is 0 Å². The van der Waals surface area contributed by atoms with Crippen LogP contribution in [0, 0.1) is 0 Å². The number of hydrogen-bond donors (Lipinski definition) is 1. The molecule has 0 bridgehead atoms. The molecule has 1 N–H and O–H groups in total. The SMILES string of the molecule is CCC(O)CCCC1CCOc2ccccc21. The first-order chi connectivity index (χ1) is 8.31. The van der Waals surface area contributed by atoms with Crippen molar-refractivity contribution in [2.24, 2.45) is 0 Å². The van der Waals surface area contributed by atoms with Crippen molar-refractivity contribution in [2.75, 3.05) is 6.61 Å². The maximum atomic E-state index is 9.56. The van der Waals surface area contributed by atoms with E-state index >= 15 is 0 Å². The van der Waals surface area contributed by atoms with E-state index in [1.54, 1.807) is 0 Å². The highest BCUT2D eigenvalue weighted by molar-refractivity contribution is 5.37. The summed E-state index contributed by atoms with van der Waals surface area (Å²) in [7, 11) is 0. The topological polar surface area (TPSA) is 29.5 Å². The van der Waals surface area contributed by atoms with Crippen LogP contribution in [0.3, 0.4) is 0 Å². The molecule has 0 spiro atoms. The molecule has 0 aromatic heterocycles. The van der Waals surface area contributed by atoms with Crippen LogP contribution in [0.15, 0.2) is 24.3 Å². The zero-order chi connectivity index (χ0) is 12.1. The zero-order valence-corrected chi connectivity index (χ0v) is 10.6. The Labute approximate surface area is 104 Å². The number of hydrogen-bond acceptors (Lipinski definition) is 2. The Balaban J connectivity index is 1.90. The molecule has 0 fully saturated rings. The molecule has 1 aromatic carbocycles. The lowest BCUT2D eigenvalue weighted by molar-refractivity contribution is 0.154. The minimum Gasteiger partial charge on any atom is -0.493 e.